The summed E-state index contributed by atoms with van der Waals surface area (Å²) in [7, 11) is 1.45. The highest BCUT2D eigenvalue weighted by Crippen LogP contribution is 2.29. The minimum absolute atomic E-state index is 0.0283. The number of benzene rings is 2. The van der Waals surface area contributed by atoms with Crippen molar-refractivity contribution in [2.75, 3.05) is 23.4 Å². The van der Waals surface area contributed by atoms with Gasteiger partial charge in [-0.1, -0.05) is 6.07 Å². The van der Waals surface area contributed by atoms with Gasteiger partial charge in [-0.2, -0.15) is 0 Å². The molecule has 4 nitrogen and oxygen atoms in total. The topological polar surface area (TPSA) is 40.6 Å². The fraction of sp³-hybridized carbons (Fsp3) is 0.263. The van der Waals surface area contributed by atoms with E-state index in [-0.39, 0.29) is 30.2 Å². The van der Waals surface area contributed by atoms with Crippen molar-refractivity contribution in [1.82, 2.24) is 0 Å². The Hall–Kier alpha value is -2.83. The monoisotopic (exact) mass is 362 g/mol. The summed E-state index contributed by atoms with van der Waals surface area (Å²) in [6.45, 7) is 1.77. The summed E-state index contributed by atoms with van der Waals surface area (Å²) >= 11 is 0. The van der Waals surface area contributed by atoms with Crippen LogP contribution in [-0.2, 0) is 9.59 Å². The van der Waals surface area contributed by atoms with Crippen LogP contribution in [0, 0.1) is 30.3 Å². The van der Waals surface area contributed by atoms with Crippen molar-refractivity contribution in [3.05, 3.63) is 59.4 Å². The van der Waals surface area contributed by atoms with Crippen LogP contribution in [0.15, 0.2) is 36.4 Å². The molecule has 0 aromatic heterocycles. The van der Waals surface area contributed by atoms with Crippen molar-refractivity contribution in [3.8, 4) is 0 Å². The minimum atomic E-state index is -1.07. The van der Waals surface area contributed by atoms with E-state index in [0.717, 1.165) is 17.7 Å². The zero-order valence-electron chi connectivity index (χ0n) is 14.3. The van der Waals surface area contributed by atoms with Crippen molar-refractivity contribution >= 4 is 23.2 Å². The van der Waals surface area contributed by atoms with Crippen molar-refractivity contribution in [1.29, 1.82) is 0 Å². The van der Waals surface area contributed by atoms with Crippen LogP contribution in [0.2, 0.25) is 0 Å². The summed E-state index contributed by atoms with van der Waals surface area (Å²) < 4.78 is 40.6. The molecule has 0 spiro atoms. The first-order valence-electron chi connectivity index (χ1n) is 8.07. The van der Waals surface area contributed by atoms with Crippen LogP contribution in [0.1, 0.15) is 12.0 Å². The molecule has 7 heteroatoms. The highest BCUT2D eigenvalue weighted by molar-refractivity contribution is 6.04. The van der Waals surface area contributed by atoms with Crippen LogP contribution in [0.5, 0.6) is 0 Å². The molecular weight excluding hydrogens is 345 g/mol. The normalized spacial score (nSPS) is 16.9. The van der Waals surface area contributed by atoms with Gasteiger partial charge in [-0.25, -0.2) is 13.2 Å². The largest absolute Gasteiger partial charge is 0.312 e. The summed E-state index contributed by atoms with van der Waals surface area (Å²) in [5.41, 5.74) is 1.04. The Kier molecular flexibility index (Phi) is 4.71. The maximum absolute atomic E-state index is 14.1. The van der Waals surface area contributed by atoms with E-state index >= 15 is 0 Å². The Bertz CT molecular complexity index is 885. The van der Waals surface area contributed by atoms with E-state index in [1.54, 1.807) is 13.0 Å². The fourth-order valence-corrected chi connectivity index (χ4v) is 3.05. The first-order valence-corrected chi connectivity index (χ1v) is 8.07. The van der Waals surface area contributed by atoms with E-state index in [0.29, 0.717) is 0 Å². The Balaban J connectivity index is 1.79. The van der Waals surface area contributed by atoms with Crippen LogP contribution in [-0.4, -0.2) is 25.4 Å². The molecule has 1 aliphatic rings. The van der Waals surface area contributed by atoms with Crippen LogP contribution >= 0.6 is 0 Å². The Labute approximate surface area is 148 Å². The third kappa shape index (κ3) is 3.29. The Morgan fingerprint density at radius 1 is 1.08 bits per heavy atom. The maximum Gasteiger partial charge on any atom is 0.232 e. The molecule has 0 saturated carbocycles. The maximum atomic E-state index is 14.1. The first-order chi connectivity index (χ1) is 12.3. The highest BCUT2D eigenvalue weighted by atomic mass is 19.2. The van der Waals surface area contributed by atoms with E-state index in [1.807, 2.05) is 0 Å². The second kappa shape index (κ2) is 6.82. The molecule has 26 heavy (non-hydrogen) atoms. The molecule has 2 aromatic carbocycles. The number of anilines is 2. The summed E-state index contributed by atoms with van der Waals surface area (Å²) in [5, 5.41) is 0. The van der Waals surface area contributed by atoms with Gasteiger partial charge in [-0.05, 0) is 36.8 Å². The molecule has 1 heterocycles. The molecular formula is C19H17F3N2O2. The van der Waals surface area contributed by atoms with Gasteiger partial charge in [-0.15, -0.1) is 0 Å². The molecule has 0 radical (unpaired) electrons. The number of carbonyl (C=O) groups is 2. The lowest BCUT2D eigenvalue weighted by atomic mass is 10.1. The Morgan fingerprint density at radius 3 is 2.46 bits per heavy atom. The number of halogens is 3. The number of rotatable bonds is 3. The number of amides is 2. The average molecular weight is 362 g/mol. The van der Waals surface area contributed by atoms with Gasteiger partial charge in [0.25, 0.3) is 0 Å². The second-order valence-corrected chi connectivity index (χ2v) is 6.36. The molecule has 3 rings (SSSR count). The molecule has 2 aromatic rings. The van der Waals surface area contributed by atoms with E-state index < -0.39 is 29.3 Å². The number of hydrogen-bond donors (Lipinski definition) is 0. The lowest BCUT2D eigenvalue weighted by Gasteiger charge is -2.22. The quantitative estimate of drug-likeness (QED) is 0.839. The van der Waals surface area contributed by atoms with Crippen molar-refractivity contribution < 1.29 is 22.8 Å². The Morgan fingerprint density at radius 2 is 1.81 bits per heavy atom. The van der Waals surface area contributed by atoms with Gasteiger partial charge in [-0.3, -0.25) is 9.59 Å². The molecule has 0 bridgehead atoms. The van der Waals surface area contributed by atoms with Gasteiger partial charge in [0.05, 0.1) is 11.6 Å². The van der Waals surface area contributed by atoms with E-state index in [4.69, 9.17) is 0 Å². The molecule has 2 amide bonds. The summed E-state index contributed by atoms with van der Waals surface area (Å²) in [6, 6.07) is 7.66. The fourth-order valence-electron chi connectivity index (χ4n) is 3.05. The third-order valence-corrected chi connectivity index (χ3v) is 4.48. The molecule has 1 unspecified atom stereocenters. The zero-order chi connectivity index (χ0) is 19.0. The third-order valence-electron chi connectivity index (χ3n) is 4.48. The van der Waals surface area contributed by atoms with Crippen LogP contribution in [0.4, 0.5) is 24.5 Å². The number of hydrogen-bond acceptors (Lipinski definition) is 2. The second-order valence-electron chi connectivity index (χ2n) is 6.36. The molecule has 0 N–H and O–H groups in total. The van der Waals surface area contributed by atoms with E-state index in [1.165, 1.54) is 35.0 Å². The van der Waals surface area contributed by atoms with Crippen LogP contribution < -0.4 is 9.80 Å². The van der Waals surface area contributed by atoms with E-state index in [2.05, 4.69) is 0 Å². The standard InChI is InChI=1S/C19H17F3N2O2/c1-11-3-6-17(16(22)7-11)23(2)19(26)12-8-18(25)24(10-12)13-4-5-14(20)15(21)9-13/h3-7,9,12H,8,10H2,1-2H3. The predicted molar refractivity (Wildman–Crippen MR) is 91.4 cm³/mol. The number of aryl methyl sites for hydroxylation is 1. The molecule has 1 saturated heterocycles. The van der Waals surface area contributed by atoms with Crippen molar-refractivity contribution in [2.45, 2.75) is 13.3 Å². The van der Waals surface area contributed by atoms with Crippen molar-refractivity contribution in [3.63, 3.8) is 0 Å². The van der Waals surface area contributed by atoms with Gasteiger partial charge in [0.1, 0.15) is 5.82 Å². The lowest BCUT2D eigenvalue weighted by Crippen LogP contribution is -2.35. The van der Waals surface area contributed by atoms with Crippen LogP contribution in [0.25, 0.3) is 0 Å². The predicted octanol–water partition coefficient (Wildman–Crippen LogP) is 3.43. The summed E-state index contributed by atoms with van der Waals surface area (Å²) in [6.07, 6.45) is -0.0738. The SMILES string of the molecule is Cc1ccc(N(C)C(=O)C2CC(=O)N(c3ccc(F)c(F)c3)C2)c(F)c1. The average Bonchev–Trinajstić information content (AvgIpc) is 2.98. The number of carbonyl (C=O) groups excluding carboxylic acids is 2. The van der Waals surface area contributed by atoms with E-state index in [9.17, 15) is 22.8 Å². The molecule has 136 valence electrons. The van der Waals surface area contributed by atoms with Crippen LogP contribution in [0.3, 0.4) is 0 Å². The summed E-state index contributed by atoms with van der Waals surface area (Å²) in [5.74, 6) is -4.08. The molecule has 0 aliphatic carbocycles. The van der Waals surface area contributed by atoms with Gasteiger partial charge in [0.15, 0.2) is 11.6 Å². The lowest BCUT2D eigenvalue weighted by molar-refractivity contribution is -0.124. The molecule has 1 atom stereocenters. The van der Waals surface area contributed by atoms with Crippen molar-refractivity contribution in [2.24, 2.45) is 5.92 Å². The molecule has 1 fully saturated rings. The summed E-state index contributed by atoms with van der Waals surface area (Å²) in [4.78, 5) is 27.3. The van der Waals surface area contributed by atoms with Gasteiger partial charge >= 0.3 is 0 Å². The number of nitrogens with zero attached hydrogens (tertiary/aromatic N) is 2. The smallest absolute Gasteiger partial charge is 0.232 e. The molecule has 1 aliphatic heterocycles. The first kappa shape index (κ1) is 18.0. The zero-order valence-corrected chi connectivity index (χ0v) is 14.3. The highest BCUT2D eigenvalue weighted by Gasteiger charge is 2.37. The van der Waals surface area contributed by atoms with Gasteiger partial charge in [0, 0.05) is 31.8 Å². The van der Waals surface area contributed by atoms with Gasteiger partial charge in [0.2, 0.25) is 11.8 Å². The van der Waals surface area contributed by atoms with Gasteiger partial charge < -0.3 is 9.80 Å². The minimum Gasteiger partial charge on any atom is -0.312 e.